The van der Waals surface area contributed by atoms with Crippen LogP contribution in [-0.4, -0.2) is 79.9 Å². The van der Waals surface area contributed by atoms with Crippen LogP contribution in [0.3, 0.4) is 0 Å². The van der Waals surface area contributed by atoms with E-state index in [1.54, 1.807) is 18.3 Å². The van der Waals surface area contributed by atoms with Gasteiger partial charge in [0.05, 0.1) is 17.1 Å². The minimum absolute atomic E-state index is 0.00771. The zero-order valence-electron chi connectivity index (χ0n) is 17.2. The summed E-state index contributed by atoms with van der Waals surface area (Å²) in [5.41, 5.74) is 1.41. The van der Waals surface area contributed by atoms with Gasteiger partial charge in [-0.3, -0.25) is 9.69 Å². The van der Waals surface area contributed by atoms with E-state index in [1.807, 2.05) is 45.0 Å². The fraction of sp³-hybridized carbons (Fsp3) is 0.409. The second-order valence-corrected chi connectivity index (χ2v) is 10.1. The molecule has 0 aliphatic carbocycles. The van der Waals surface area contributed by atoms with Gasteiger partial charge >= 0.3 is 0 Å². The van der Waals surface area contributed by atoms with Gasteiger partial charge in [0.2, 0.25) is 5.91 Å². The van der Waals surface area contributed by atoms with Crippen LogP contribution in [0.4, 0.5) is 5.82 Å². The Morgan fingerprint density at radius 2 is 1.65 bits per heavy atom. The van der Waals surface area contributed by atoms with E-state index in [0.29, 0.717) is 50.6 Å². The molecule has 2 saturated heterocycles. The first-order chi connectivity index (χ1) is 15.0. The van der Waals surface area contributed by atoms with Gasteiger partial charge in [-0.15, -0.1) is 0 Å². The quantitative estimate of drug-likeness (QED) is 0.703. The average Bonchev–Trinajstić information content (AvgIpc) is 2.81. The van der Waals surface area contributed by atoms with Gasteiger partial charge in [0.15, 0.2) is 9.84 Å². The van der Waals surface area contributed by atoms with E-state index in [9.17, 15) is 18.5 Å². The highest BCUT2D eigenvalue weighted by Gasteiger charge is 2.36. The zero-order chi connectivity index (χ0) is 21.8. The van der Waals surface area contributed by atoms with Crippen molar-refractivity contribution in [2.45, 2.75) is 6.04 Å². The van der Waals surface area contributed by atoms with Crippen molar-refractivity contribution in [1.29, 1.82) is 5.26 Å². The van der Waals surface area contributed by atoms with E-state index in [0.717, 1.165) is 5.56 Å². The summed E-state index contributed by atoms with van der Waals surface area (Å²) in [6, 6.07) is 14.7. The predicted octanol–water partition coefficient (Wildman–Crippen LogP) is 1.07. The molecule has 2 fully saturated rings. The Bertz CT molecular complexity index is 1060. The van der Waals surface area contributed by atoms with E-state index in [1.165, 1.54) is 0 Å². The molecule has 9 heteroatoms. The Balaban J connectivity index is 1.50. The number of hydrogen-bond acceptors (Lipinski definition) is 7. The third-order valence-electron chi connectivity index (χ3n) is 5.89. The third-order valence-corrected chi connectivity index (χ3v) is 7.50. The lowest BCUT2D eigenvalue weighted by Crippen LogP contribution is -2.54. The molecule has 8 nitrogen and oxygen atoms in total. The Labute approximate surface area is 182 Å². The number of anilines is 1. The van der Waals surface area contributed by atoms with Crippen LogP contribution in [0.25, 0.3) is 0 Å². The number of nitrogens with zero attached hydrogens (tertiary/aromatic N) is 5. The molecule has 2 aliphatic heterocycles. The van der Waals surface area contributed by atoms with Gasteiger partial charge in [0.1, 0.15) is 17.9 Å². The lowest BCUT2D eigenvalue weighted by atomic mass is 10.0. The molecule has 1 unspecified atom stereocenters. The molecule has 0 spiro atoms. The molecule has 4 rings (SSSR count). The number of hydrogen-bond donors (Lipinski definition) is 0. The van der Waals surface area contributed by atoms with Gasteiger partial charge in [0.25, 0.3) is 0 Å². The standard InChI is InChI=1S/C22H25N5O3S/c23-17-19-7-4-8-24-21(19)26-9-11-27(12-10-26)22(28)20(18-5-2-1-3-6-18)25-13-15-31(29,30)16-14-25/h1-8,20H,9-16H2. The Morgan fingerprint density at radius 3 is 2.29 bits per heavy atom. The van der Waals surface area contributed by atoms with Crippen LogP contribution in [0.15, 0.2) is 48.7 Å². The normalized spacial score (nSPS) is 20.1. The maximum atomic E-state index is 13.6. The number of amides is 1. The topological polar surface area (TPSA) is 97.6 Å². The molecular formula is C22H25N5O3S. The number of benzene rings is 1. The van der Waals surface area contributed by atoms with Crippen molar-refractivity contribution in [2.24, 2.45) is 0 Å². The number of carbonyl (C=O) groups excluding carboxylic acids is 1. The van der Waals surface area contributed by atoms with Crippen molar-refractivity contribution >= 4 is 21.6 Å². The summed E-state index contributed by atoms with van der Waals surface area (Å²) < 4.78 is 23.8. The lowest BCUT2D eigenvalue weighted by Gasteiger charge is -2.40. The fourth-order valence-corrected chi connectivity index (χ4v) is 5.41. The first-order valence-corrected chi connectivity index (χ1v) is 12.2. The maximum Gasteiger partial charge on any atom is 0.244 e. The summed E-state index contributed by atoms with van der Waals surface area (Å²) in [5.74, 6) is 0.798. The molecular weight excluding hydrogens is 414 g/mol. The summed E-state index contributed by atoms with van der Waals surface area (Å²) in [6.45, 7) is 2.94. The molecule has 1 atom stereocenters. The highest BCUT2D eigenvalue weighted by molar-refractivity contribution is 7.91. The largest absolute Gasteiger partial charge is 0.352 e. The van der Waals surface area contributed by atoms with Gasteiger partial charge in [-0.2, -0.15) is 5.26 Å². The van der Waals surface area contributed by atoms with Crippen LogP contribution in [0, 0.1) is 11.3 Å². The average molecular weight is 440 g/mol. The second kappa shape index (κ2) is 9.04. The molecule has 1 amide bonds. The molecule has 162 valence electrons. The molecule has 0 bridgehead atoms. The predicted molar refractivity (Wildman–Crippen MR) is 117 cm³/mol. The minimum atomic E-state index is -3.03. The van der Waals surface area contributed by atoms with E-state index in [2.05, 4.69) is 11.1 Å². The Hall–Kier alpha value is -2.96. The highest BCUT2D eigenvalue weighted by atomic mass is 32.2. The smallest absolute Gasteiger partial charge is 0.244 e. The monoisotopic (exact) mass is 439 g/mol. The van der Waals surface area contributed by atoms with Crippen LogP contribution in [0.5, 0.6) is 0 Å². The number of sulfone groups is 1. The maximum absolute atomic E-state index is 13.6. The number of rotatable bonds is 4. The molecule has 1 aromatic heterocycles. The first kappa shape index (κ1) is 21.3. The number of aromatic nitrogens is 1. The van der Waals surface area contributed by atoms with E-state index >= 15 is 0 Å². The Kier molecular flexibility index (Phi) is 6.20. The number of nitriles is 1. The SMILES string of the molecule is N#Cc1cccnc1N1CCN(C(=O)C(c2ccccc2)N2CCS(=O)(=O)CC2)CC1. The van der Waals surface area contributed by atoms with Crippen LogP contribution < -0.4 is 4.90 Å². The Morgan fingerprint density at radius 1 is 0.968 bits per heavy atom. The van der Waals surface area contributed by atoms with E-state index in [-0.39, 0.29) is 17.4 Å². The van der Waals surface area contributed by atoms with Crippen LogP contribution in [-0.2, 0) is 14.6 Å². The molecule has 0 radical (unpaired) electrons. The van der Waals surface area contributed by atoms with Gasteiger partial charge in [-0.25, -0.2) is 13.4 Å². The summed E-state index contributed by atoms with van der Waals surface area (Å²) in [4.78, 5) is 23.8. The molecule has 0 saturated carbocycles. The van der Waals surface area contributed by atoms with Gasteiger partial charge in [-0.1, -0.05) is 30.3 Å². The van der Waals surface area contributed by atoms with Crippen molar-refractivity contribution in [3.63, 3.8) is 0 Å². The van der Waals surface area contributed by atoms with Crippen molar-refractivity contribution in [3.8, 4) is 6.07 Å². The third kappa shape index (κ3) is 4.70. The van der Waals surface area contributed by atoms with Crippen LogP contribution in [0.2, 0.25) is 0 Å². The van der Waals surface area contributed by atoms with Gasteiger partial charge in [-0.05, 0) is 17.7 Å². The summed E-state index contributed by atoms with van der Waals surface area (Å²) in [5, 5.41) is 9.34. The molecule has 31 heavy (non-hydrogen) atoms. The molecule has 2 aliphatic rings. The molecule has 2 aromatic rings. The van der Waals surface area contributed by atoms with Gasteiger partial charge < -0.3 is 9.80 Å². The van der Waals surface area contributed by atoms with Crippen LogP contribution >= 0.6 is 0 Å². The summed E-state index contributed by atoms with van der Waals surface area (Å²) in [6.07, 6.45) is 1.67. The lowest BCUT2D eigenvalue weighted by molar-refractivity contribution is -0.137. The fourth-order valence-electron chi connectivity index (χ4n) is 4.18. The molecule has 3 heterocycles. The summed E-state index contributed by atoms with van der Waals surface area (Å²) >= 11 is 0. The first-order valence-electron chi connectivity index (χ1n) is 10.4. The van der Waals surface area contributed by atoms with E-state index < -0.39 is 15.9 Å². The van der Waals surface area contributed by atoms with Gasteiger partial charge in [0, 0.05) is 45.5 Å². The van der Waals surface area contributed by atoms with Crippen molar-refractivity contribution in [1.82, 2.24) is 14.8 Å². The zero-order valence-corrected chi connectivity index (χ0v) is 18.0. The van der Waals surface area contributed by atoms with E-state index in [4.69, 9.17) is 0 Å². The number of pyridine rings is 1. The second-order valence-electron chi connectivity index (χ2n) is 7.80. The van der Waals surface area contributed by atoms with Crippen molar-refractivity contribution < 1.29 is 13.2 Å². The van der Waals surface area contributed by atoms with Crippen LogP contribution in [0.1, 0.15) is 17.2 Å². The highest BCUT2D eigenvalue weighted by Crippen LogP contribution is 2.26. The molecule has 0 N–H and O–H groups in total. The number of piperazine rings is 1. The molecule has 1 aromatic carbocycles. The number of carbonyl (C=O) groups is 1. The van der Waals surface area contributed by atoms with Crippen molar-refractivity contribution in [2.75, 3.05) is 55.7 Å². The summed E-state index contributed by atoms with van der Waals surface area (Å²) in [7, 11) is -3.03. The minimum Gasteiger partial charge on any atom is -0.352 e. The van der Waals surface area contributed by atoms with Crippen molar-refractivity contribution in [3.05, 3.63) is 59.8 Å².